The molecule has 3 aromatic carbocycles. The number of hydrogen-bond acceptors (Lipinski definition) is 4. The molecule has 0 bridgehead atoms. The monoisotopic (exact) mass is 375 g/mol. The van der Waals surface area contributed by atoms with Crippen molar-refractivity contribution < 1.29 is 19.1 Å². The van der Waals surface area contributed by atoms with Crippen LogP contribution < -0.4 is 14.8 Å². The Hall–Kier alpha value is -3.60. The smallest absolute Gasteiger partial charge is 0.262 e. The molecular formula is C23H21NO4. The minimum absolute atomic E-state index is 0.0190. The lowest BCUT2D eigenvalue weighted by molar-refractivity contribution is -0.118. The molecule has 0 spiro atoms. The first-order valence-corrected chi connectivity index (χ1v) is 8.88. The molecule has 0 saturated carbocycles. The standard InChI is InChI=1S/C23H21NO4/c1-16-7-11-20(12-8-16)28-22-6-4-3-5-21(22)24-23(26)15-27-19-13-9-18(10-14-19)17(2)25/h3-14H,15H2,1-2H3,(H,24,26). The lowest BCUT2D eigenvalue weighted by Crippen LogP contribution is -2.20. The van der Waals surface area contributed by atoms with Gasteiger partial charge in [0, 0.05) is 5.56 Å². The first-order valence-electron chi connectivity index (χ1n) is 8.88. The van der Waals surface area contributed by atoms with E-state index < -0.39 is 0 Å². The first-order chi connectivity index (χ1) is 13.5. The van der Waals surface area contributed by atoms with E-state index in [2.05, 4.69) is 5.32 Å². The van der Waals surface area contributed by atoms with Crippen molar-refractivity contribution >= 4 is 17.4 Å². The zero-order valence-electron chi connectivity index (χ0n) is 15.8. The third kappa shape index (κ3) is 5.20. The first kappa shape index (κ1) is 19.2. The number of Topliss-reactive ketones (excluding diaryl/α,β-unsaturated/α-hetero) is 1. The molecule has 0 aliphatic rings. The molecule has 0 aliphatic heterocycles. The quantitative estimate of drug-likeness (QED) is 0.590. The van der Waals surface area contributed by atoms with Crippen LogP contribution in [0.5, 0.6) is 17.2 Å². The Labute approximate surface area is 163 Å². The van der Waals surface area contributed by atoms with E-state index in [9.17, 15) is 9.59 Å². The van der Waals surface area contributed by atoms with Crippen molar-refractivity contribution in [1.82, 2.24) is 0 Å². The molecular weight excluding hydrogens is 354 g/mol. The van der Waals surface area contributed by atoms with E-state index in [1.165, 1.54) is 6.92 Å². The molecule has 142 valence electrons. The molecule has 1 N–H and O–H groups in total. The van der Waals surface area contributed by atoms with Crippen molar-refractivity contribution in [3.8, 4) is 17.2 Å². The van der Waals surface area contributed by atoms with Gasteiger partial charge in [-0.3, -0.25) is 9.59 Å². The maximum Gasteiger partial charge on any atom is 0.262 e. The lowest BCUT2D eigenvalue weighted by Gasteiger charge is -2.13. The summed E-state index contributed by atoms with van der Waals surface area (Å²) in [7, 11) is 0. The predicted molar refractivity (Wildman–Crippen MR) is 108 cm³/mol. The highest BCUT2D eigenvalue weighted by atomic mass is 16.5. The van der Waals surface area contributed by atoms with Gasteiger partial charge < -0.3 is 14.8 Å². The molecule has 5 nitrogen and oxygen atoms in total. The van der Waals surface area contributed by atoms with Gasteiger partial charge in [0.1, 0.15) is 11.5 Å². The highest BCUT2D eigenvalue weighted by molar-refractivity contribution is 5.94. The van der Waals surface area contributed by atoms with Gasteiger partial charge in [-0.25, -0.2) is 0 Å². The van der Waals surface area contributed by atoms with Crippen LogP contribution in [0.3, 0.4) is 0 Å². The number of para-hydroxylation sites is 2. The number of carbonyl (C=O) groups is 2. The zero-order valence-corrected chi connectivity index (χ0v) is 15.8. The summed E-state index contributed by atoms with van der Waals surface area (Å²) in [6.45, 7) is 3.35. The van der Waals surface area contributed by atoms with E-state index >= 15 is 0 Å². The van der Waals surface area contributed by atoms with Gasteiger partial charge in [-0.15, -0.1) is 0 Å². The molecule has 0 unspecified atom stereocenters. The Kier molecular flexibility index (Phi) is 6.07. The maximum absolute atomic E-state index is 12.3. The van der Waals surface area contributed by atoms with E-state index in [1.54, 1.807) is 36.4 Å². The van der Waals surface area contributed by atoms with Gasteiger partial charge in [0.05, 0.1) is 5.69 Å². The normalized spacial score (nSPS) is 10.2. The topological polar surface area (TPSA) is 64.6 Å². The van der Waals surface area contributed by atoms with Crippen molar-refractivity contribution in [2.24, 2.45) is 0 Å². The second kappa shape index (κ2) is 8.86. The van der Waals surface area contributed by atoms with Crippen LogP contribution in [0.1, 0.15) is 22.8 Å². The van der Waals surface area contributed by atoms with Gasteiger partial charge in [-0.05, 0) is 62.4 Å². The van der Waals surface area contributed by atoms with Crippen LogP contribution in [0, 0.1) is 6.92 Å². The van der Waals surface area contributed by atoms with Crippen LogP contribution in [0.25, 0.3) is 0 Å². The van der Waals surface area contributed by atoms with Crippen LogP contribution in [-0.4, -0.2) is 18.3 Å². The van der Waals surface area contributed by atoms with E-state index in [0.29, 0.717) is 28.5 Å². The fourth-order valence-electron chi connectivity index (χ4n) is 2.51. The second-order valence-electron chi connectivity index (χ2n) is 6.33. The summed E-state index contributed by atoms with van der Waals surface area (Å²) in [5.41, 5.74) is 2.30. The van der Waals surface area contributed by atoms with Crippen LogP contribution in [0.2, 0.25) is 0 Å². The second-order valence-corrected chi connectivity index (χ2v) is 6.33. The Bertz CT molecular complexity index is 963. The largest absolute Gasteiger partial charge is 0.484 e. The molecule has 0 atom stereocenters. The van der Waals surface area contributed by atoms with Gasteiger partial charge in [0.25, 0.3) is 5.91 Å². The maximum atomic E-state index is 12.3. The van der Waals surface area contributed by atoms with Crippen molar-refractivity contribution in [2.45, 2.75) is 13.8 Å². The molecule has 5 heteroatoms. The molecule has 1 amide bonds. The highest BCUT2D eigenvalue weighted by Gasteiger charge is 2.09. The number of benzene rings is 3. The summed E-state index contributed by atoms with van der Waals surface area (Å²) in [6, 6.07) is 21.6. The number of aryl methyl sites for hydroxylation is 1. The van der Waals surface area contributed by atoms with Gasteiger partial charge in [-0.2, -0.15) is 0 Å². The van der Waals surface area contributed by atoms with Crippen LogP contribution in [0.4, 0.5) is 5.69 Å². The van der Waals surface area contributed by atoms with E-state index in [4.69, 9.17) is 9.47 Å². The average molecular weight is 375 g/mol. The van der Waals surface area contributed by atoms with Gasteiger partial charge in [0.2, 0.25) is 0 Å². The summed E-state index contributed by atoms with van der Waals surface area (Å²) in [4.78, 5) is 23.6. The summed E-state index contributed by atoms with van der Waals surface area (Å²) in [6.07, 6.45) is 0. The number of carbonyl (C=O) groups excluding carboxylic acids is 2. The summed E-state index contributed by atoms with van der Waals surface area (Å²) in [5.74, 6) is 1.43. The number of anilines is 1. The molecule has 0 heterocycles. The minimum atomic E-state index is -0.310. The van der Waals surface area contributed by atoms with Crippen molar-refractivity contribution in [2.75, 3.05) is 11.9 Å². The fraction of sp³-hybridized carbons (Fsp3) is 0.130. The highest BCUT2D eigenvalue weighted by Crippen LogP contribution is 2.29. The Balaban J connectivity index is 1.60. The lowest BCUT2D eigenvalue weighted by atomic mass is 10.1. The van der Waals surface area contributed by atoms with Crippen LogP contribution >= 0.6 is 0 Å². The third-order valence-electron chi connectivity index (χ3n) is 4.04. The van der Waals surface area contributed by atoms with Gasteiger partial charge in [0.15, 0.2) is 18.1 Å². The average Bonchev–Trinajstić information content (AvgIpc) is 2.70. The van der Waals surface area contributed by atoms with E-state index in [1.807, 2.05) is 43.3 Å². The number of hydrogen-bond donors (Lipinski definition) is 1. The minimum Gasteiger partial charge on any atom is -0.484 e. The number of rotatable bonds is 7. The zero-order chi connectivity index (χ0) is 19.9. The third-order valence-corrected chi connectivity index (χ3v) is 4.04. The van der Waals surface area contributed by atoms with Crippen molar-refractivity contribution in [3.05, 3.63) is 83.9 Å². The molecule has 3 aromatic rings. The Morgan fingerprint density at radius 1 is 0.857 bits per heavy atom. The molecule has 0 radical (unpaired) electrons. The van der Waals surface area contributed by atoms with Gasteiger partial charge >= 0.3 is 0 Å². The van der Waals surface area contributed by atoms with Crippen LogP contribution in [0.15, 0.2) is 72.8 Å². The Morgan fingerprint density at radius 3 is 2.18 bits per heavy atom. The van der Waals surface area contributed by atoms with Crippen molar-refractivity contribution in [3.63, 3.8) is 0 Å². The molecule has 0 saturated heterocycles. The SMILES string of the molecule is CC(=O)c1ccc(OCC(=O)Nc2ccccc2Oc2ccc(C)cc2)cc1. The number of amides is 1. The van der Waals surface area contributed by atoms with Crippen molar-refractivity contribution in [1.29, 1.82) is 0 Å². The molecule has 0 aliphatic carbocycles. The summed E-state index contributed by atoms with van der Waals surface area (Å²) in [5, 5.41) is 2.80. The molecule has 0 fully saturated rings. The Morgan fingerprint density at radius 2 is 1.50 bits per heavy atom. The van der Waals surface area contributed by atoms with Crippen LogP contribution in [-0.2, 0) is 4.79 Å². The molecule has 0 aromatic heterocycles. The predicted octanol–water partition coefficient (Wildman–Crippen LogP) is 5.01. The molecule has 28 heavy (non-hydrogen) atoms. The van der Waals surface area contributed by atoms with E-state index in [-0.39, 0.29) is 18.3 Å². The number of ether oxygens (including phenoxy) is 2. The number of nitrogens with one attached hydrogen (secondary N) is 1. The fourth-order valence-corrected chi connectivity index (χ4v) is 2.51. The van der Waals surface area contributed by atoms with E-state index in [0.717, 1.165) is 5.56 Å². The number of ketones is 1. The molecule has 3 rings (SSSR count). The summed E-state index contributed by atoms with van der Waals surface area (Å²) < 4.78 is 11.4. The van der Waals surface area contributed by atoms with Gasteiger partial charge in [-0.1, -0.05) is 29.8 Å². The summed E-state index contributed by atoms with van der Waals surface area (Å²) >= 11 is 0.